The smallest absolute Gasteiger partial charge is 0.385 e. The van der Waals surface area contributed by atoms with Gasteiger partial charge in [0.05, 0.1) is 0 Å². The van der Waals surface area contributed by atoms with Crippen LogP contribution < -0.4 is 10.5 Å². The molecule has 0 aliphatic carbocycles. The molecule has 3 nitrogen and oxygen atoms in total. The quantitative estimate of drug-likeness (QED) is 0.849. The van der Waals surface area contributed by atoms with Crippen molar-refractivity contribution in [3.05, 3.63) is 23.1 Å². The van der Waals surface area contributed by atoms with Crippen molar-refractivity contribution in [2.45, 2.75) is 19.3 Å². The Hall–Kier alpha value is -1.51. The molecule has 0 saturated heterocycles. The monoisotopic (exact) mass is 260 g/mol. The minimum absolute atomic E-state index is 0.382. The highest BCUT2D eigenvalue weighted by Crippen LogP contribution is 2.29. The van der Waals surface area contributed by atoms with Gasteiger partial charge in [0.2, 0.25) is 0 Å². The lowest BCUT2D eigenvalue weighted by molar-refractivity contribution is -0.277. The van der Waals surface area contributed by atoms with Gasteiger partial charge in [0.15, 0.2) is 5.82 Å². The van der Waals surface area contributed by atoms with Crippen molar-refractivity contribution >= 4 is 0 Å². The minimum Gasteiger partial charge on any atom is -0.385 e. The van der Waals surface area contributed by atoms with Gasteiger partial charge in [-0.3, -0.25) is 0 Å². The van der Waals surface area contributed by atoms with E-state index in [-0.39, 0.29) is 5.56 Å². The van der Waals surface area contributed by atoms with Gasteiger partial charge >= 0.3 is 6.36 Å². The molecule has 17 heavy (non-hydrogen) atoms. The zero-order valence-electron chi connectivity index (χ0n) is 8.06. The molecule has 1 rings (SSSR count). The van der Waals surface area contributed by atoms with E-state index in [0.29, 0.717) is 6.07 Å². The lowest BCUT2D eigenvalue weighted by atomic mass is 10.2. The van der Waals surface area contributed by atoms with E-state index >= 15 is 0 Å². The van der Waals surface area contributed by atoms with Crippen LogP contribution in [-0.4, -0.2) is 11.3 Å². The predicted molar refractivity (Wildman–Crippen MR) is 43.7 cm³/mol. The molecule has 9 heteroatoms. The number of rotatable bonds is 3. The Labute approximate surface area is 91.2 Å². The van der Waals surface area contributed by atoms with E-state index in [9.17, 15) is 26.3 Å². The van der Waals surface area contributed by atoms with Gasteiger partial charge in [-0.15, -0.1) is 13.2 Å². The standard InChI is InChI=1S/C8H6F6N2O/c9-4-1-3(2-15)5(6(10)11)16-7(4)17-8(12,13)14/h1,6H,2,15H2. The first kappa shape index (κ1) is 13.6. The maximum absolute atomic E-state index is 13.0. The largest absolute Gasteiger partial charge is 0.574 e. The second kappa shape index (κ2) is 4.78. The first-order chi connectivity index (χ1) is 7.74. The van der Waals surface area contributed by atoms with Gasteiger partial charge in [-0.05, 0) is 11.6 Å². The van der Waals surface area contributed by atoms with Crippen LogP contribution in [0.2, 0.25) is 0 Å². The summed E-state index contributed by atoms with van der Waals surface area (Å²) in [7, 11) is 0. The number of aromatic nitrogens is 1. The van der Waals surface area contributed by atoms with Gasteiger partial charge < -0.3 is 10.5 Å². The number of hydrogen-bond acceptors (Lipinski definition) is 3. The second-order valence-corrected chi connectivity index (χ2v) is 2.87. The van der Waals surface area contributed by atoms with Gasteiger partial charge in [0, 0.05) is 6.54 Å². The van der Waals surface area contributed by atoms with Crippen LogP contribution in [0.1, 0.15) is 17.7 Å². The number of pyridine rings is 1. The fraction of sp³-hybridized carbons (Fsp3) is 0.375. The molecule has 1 heterocycles. The third-order valence-corrected chi connectivity index (χ3v) is 1.70. The van der Waals surface area contributed by atoms with E-state index in [1.165, 1.54) is 0 Å². The lowest BCUT2D eigenvalue weighted by Gasteiger charge is -2.12. The summed E-state index contributed by atoms with van der Waals surface area (Å²) in [6.07, 6.45) is -8.39. The van der Waals surface area contributed by atoms with E-state index < -0.39 is 36.7 Å². The zero-order valence-corrected chi connectivity index (χ0v) is 8.06. The molecule has 0 fully saturated rings. The molecule has 0 atom stereocenters. The molecule has 0 radical (unpaired) electrons. The Balaban J connectivity index is 3.20. The first-order valence-corrected chi connectivity index (χ1v) is 4.18. The topological polar surface area (TPSA) is 48.1 Å². The Kier molecular flexibility index (Phi) is 3.81. The Morgan fingerprint density at radius 3 is 2.35 bits per heavy atom. The molecule has 0 spiro atoms. The van der Waals surface area contributed by atoms with Gasteiger partial charge in [0.1, 0.15) is 5.69 Å². The highest BCUT2D eigenvalue weighted by Gasteiger charge is 2.34. The van der Waals surface area contributed by atoms with Crippen LogP contribution in [0, 0.1) is 5.82 Å². The van der Waals surface area contributed by atoms with Crippen LogP contribution in [0.15, 0.2) is 6.07 Å². The number of alkyl halides is 5. The number of nitrogens with zero attached hydrogens (tertiary/aromatic N) is 1. The van der Waals surface area contributed by atoms with Gasteiger partial charge in [-0.25, -0.2) is 18.2 Å². The molecule has 0 aromatic carbocycles. The van der Waals surface area contributed by atoms with E-state index in [4.69, 9.17) is 5.73 Å². The van der Waals surface area contributed by atoms with E-state index in [2.05, 4.69) is 9.72 Å². The van der Waals surface area contributed by atoms with Gasteiger partial charge in [-0.1, -0.05) is 0 Å². The molecular weight excluding hydrogens is 254 g/mol. The summed E-state index contributed by atoms with van der Waals surface area (Å²) in [5.41, 5.74) is 3.62. The summed E-state index contributed by atoms with van der Waals surface area (Å²) < 4.78 is 76.3. The van der Waals surface area contributed by atoms with Crippen molar-refractivity contribution in [3.8, 4) is 5.88 Å². The Bertz CT molecular complexity index is 406. The summed E-state index contributed by atoms with van der Waals surface area (Å²) in [5.74, 6) is -3.06. The van der Waals surface area contributed by atoms with Crippen molar-refractivity contribution in [1.82, 2.24) is 4.98 Å². The average Bonchev–Trinajstić information content (AvgIpc) is 2.18. The summed E-state index contributed by atoms with van der Waals surface area (Å²) in [4.78, 5) is 2.78. The summed E-state index contributed by atoms with van der Waals surface area (Å²) in [6.45, 7) is -0.476. The Morgan fingerprint density at radius 2 is 1.94 bits per heavy atom. The molecular formula is C8H6F6N2O. The average molecular weight is 260 g/mol. The second-order valence-electron chi connectivity index (χ2n) is 2.87. The van der Waals surface area contributed by atoms with Crippen LogP contribution in [0.25, 0.3) is 0 Å². The molecule has 0 amide bonds. The van der Waals surface area contributed by atoms with Crippen LogP contribution in [0.4, 0.5) is 26.3 Å². The Morgan fingerprint density at radius 1 is 1.35 bits per heavy atom. The first-order valence-electron chi connectivity index (χ1n) is 4.18. The fourth-order valence-electron chi connectivity index (χ4n) is 1.06. The maximum atomic E-state index is 13.0. The predicted octanol–water partition coefficient (Wildman–Crippen LogP) is 2.52. The molecule has 1 aromatic rings. The molecule has 1 aromatic heterocycles. The maximum Gasteiger partial charge on any atom is 0.574 e. The number of hydrogen-bond donors (Lipinski definition) is 1. The third-order valence-electron chi connectivity index (χ3n) is 1.70. The van der Waals surface area contributed by atoms with Crippen molar-refractivity contribution in [1.29, 1.82) is 0 Å². The summed E-state index contributed by atoms with van der Waals surface area (Å²) in [5, 5.41) is 0. The van der Waals surface area contributed by atoms with Crippen molar-refractivity contribution in [3.63, 3.8) is 0 Å². The van der Waals surface area contributed by atoms with Crippen LogP contribution >= 0.6 is 0 Å². The number of ether oxygens (including phenoxy) is 1. The molecule has 0 bridgehead atoms. The zero-order chi connectivity index (χ0) is 13.2. The van der Waals surface area contributed by atoms with Crippen LogP contribution in [0.5, 0.6) is 5.88 Å². The third kappa shape index (κ3) is 3.48. The van der Waals surface area contributed by atoms with Crippen LogP contribution in [-0.2, 0) is 6.54 Å². The minimum atomic E-state index is -5.21. The molecule has 0 saturated carbocycles. The SMILES string of the molecule is NCc1cc(F)c(OC(F)(F)F)nc1C(F)F. The van der Waals surface area contributed by atoms with Gasteiger partial charge in [-0.2, -0.15) is 0 Å². The summed E-state index contributed by atoms with van der Waals surface area (Å²) >= 11 is 0. The molecule has 96 valence electrons. The molecule has 0 aliphatic heterocycles. The fourth-order valence-corrected chi connectivity index (χ4v) is 1.06. The molecule has 0 unspecified atom stereocenters. The van der Waals surface area contributed by atoms with E-state index in [1.807, 2.05) is 0 Å². The number of halogens is 6. The van der Waals surface area contributed by atoms with Crippen LogP contribution in [0.3, 0.4) is 0 Å². The molecule has 2 N–H and O–H groups in total. The van der Waals surface area contributed by atoms with Gasteiger partial charge in [0.25, 0.3) is 12.3 Å². The molecule has 0 aliphatic rings. The highest BCUT2D eigenvalue weighted by atomic mass is 19.4. The lowest BCUT2D eigenvalue weighted by Crippen LogP contribution is -2.20. The number of nitrogens with two attached hydrogens (primary N) is 1. The normalized spacial score (nSPS) is 12.0. The highest BCUT2D eigenvalue weighted by molar-refractivity contribution is 5.28. The van der Waals surface area contributed by atoms with E-state index in [1.54, 1.807) is 0 Å². The van der Waals surface area contributed by atoms with E-state index in [0.717, 1.165) is 0 Å². The van der Waals surface area contributed by atoms with Crippen molar-refractivity contribution < 1.29 is 31.1 Å². The summed E-state index contributed by atoms with van der Waals surface area (Å²) in [6, 6.07) is 0.440. The van der Waals surface area contributed by atoms with Crippen molar-refractivity contribution in [2.24, 2.45) is 5.73 Å². The van der Waals surface area contributed by atoms with Crippen molar-refractivity contribution in [2.75, 3.05) is 0 Å².